The molecular formula is C25H38N4O5. The molecule has 34 heavy (non-hydrogen) atoms. The highest BCUT2D eigenvalue weighted by Crippen LogP contribution is 2.33. The average Bonchev–Trinajstić information content (AvgIpc) is 3.45. The van der Waals surface area contributed by atoms with Crippen LogP contribution in [0.15, 0.2) is 24.3 Å². The Kier molecular flexibility index (Phi) is 7.95. The van der Waals surface area contributed by atoms with E-state index in [9.17, 15) is 14.7 Å². The fourth-order valence-corrected chi connectivity index (χ4v) is 5.34. The highest BCUT2D eigenvalue weighted by Gasteiger charge is 2.37. The Labute approximate surface area is 201 Å². The second-order valence-electron chi connectivity index (χ2n) is 10.3. The first-order valence-corrected chi connectivity index (χ1v) is 12.4. The minimum absolute atomic E-state index is 0.0290. The van der Waals surface area contributed by atoms with Gasteiger partial charge in [-0.3, -0.25) is 10.2 Å². The number of hydrazine groups is 1. The van der Waals surface area contributed by atoms with Crippen molar-refractivity contribution in [3.63, 3.8) is 0 Å². The summed E-state index contributed by atoms with van der Waals surface area (Å²) in [5, 5.41) is 16.1. The number of aliphatic hydroxyl groups is 1. The van der Waals surface area contributed by atoms with Crippen LogP contribution in [0.2, 0.25) is 0 Å². The number of amides is 2. The van der Waals surface area contributed by atoms with Gasteiger partial charge in [-0.15, -0.1) is 0 Å². The molecule has 0 spiro atoms. The third-order valence-electron chi connectivity index (χ3n) is 7.44. The molecule has 2 amide bonds. The van der Waals surface area contributed by atoms with Gasteiger partial charge in [0.2, 0.25) is 5.91 Å². The number of hydrogen-bond donors (Lipinski definition) is 5. The molecule has 0 bridgehead atoms. The lowest BCUT2D eigenvalue weighted by atomic mass is 9.84. The van der Waals surface area contributed by atoms with Crippen LogP contribution in [0, 0.1) is 5.92 Å². The van der Waals surface area contributed by atoms with Gasteiger partial charge >= 0.3 is 6.09 Å². The van der Waals surface area contributed by atoms with Crippen molar-refractivity contribution in [3.05, 3.63) is 29.8 Å². The number of methoxy groups -OCH3 is 1. The first-order valence-electron chi connectivity index (χ1n) is 12.4. The number of carbonyl (C=O) groups is 2. The summed E-state index contributed by atoms with van der Waals surface area (Å²) >= 11 is 0. The fraction of sp³-hybridized carbons (Fsp3) is 0.680. The summed E-state index contributed by atoms with van der Waals surface area (Å²) in [5.74, 6) is 1.13. The molecule has 1 aliphatic heterocycles. The Bertz CT molecular complexity index is 836. The topological polar surface area (TPSA) is 121 Å². The van der Waals surface area contributed by atoms with Crippen molar-refractivity contribution in [1.29, 1.82) is 0 Å². The maximum atomic E-state index is 12.4. The van der Waals surface area contributed by atoms with Gasteiger partial charge in [0.15, 0.2) is 0 Å². The van der Waals surface area contributed by atoms with E-state index >= 15 is 0 Å². The Morgan fingerprint density at radius 2 is 1.79 bits per heavy atom. The number of hydrogen-bond acceptors (Lipinski definition) is 7. The summed E-state index contributed by atoms with van der Waals surface area (Å²) in [7, 11) is 1.62. The molecule has 1 saturated heterocycles. The summed E-state index contributed by atoms with van der Waals surface area (Å²) in [6, 6.07) is 7.80. The van der Waals surface area contributed by atoms with Crippen LogP contribution in [-0.2, 0) is 16.0 Å². The van der Waals surface area contributed by atoms with Crippen LogP contribution in [0.5, 0.6) is 5.75 Å². The van der Waals surface area contributed by atoms with E-state index in [1.807, 2.05) is 31.2 Å². The van der Waals surface area contributed by atoms with E-state index in [0.717, 1.165) is 49.8 Å². The molecule has 4 atom stereocenters. The van der Waals surface area contributed by atoms with Crippen LogP contribution in [0.1, 0.15) is 63.9 Å². The highest BCUT2D eigenvalue weighted by molar-refractivity contribution is 5.78. The number of ether oxygens (including phenoxy) is 2. The molecule has 1 aromatic rings. The maximum Gasteiger partial charge on any atom is 0.407 e. The van der Waals surface area contributed by atoms with Crippen LogP contribution < -0.4 is 26.2 Å². The van der Waals surface area contributed by atoms with Crippen LogP contribution in [0.4, 0.5) is 4.79 Å². The molecule has 1 heterocycles. The summed E-state index contributed by atoms with van der Waals surface area (Å²) < 4.78 is 10.8. The quantitative estimate of drug-likeness (QED) is 0.411. The van der Waals surface area contributed by atoms with E-state index in [1.54, 1.807) is 7.11 Å². The molecule has 4 rings (SSSR count). The third kappa shape index (κ3) is 6.84. The largest absolute Gasteiger partial charge is 0.497 e. The van der Waals surface area contributed by atoms with Gasteiger partial charge in [0.05, 0.1) is 25.3 Å². The lowest BCUT2D eigenvalue weighted by molar-refractivity contribution is -0.121. The molecule has 2 aliphatic carbocycles. The van der Waals surface area contributed by atoms with Gasteiger partial charge in [0, 0.05) is 12.1 Å². The normalized spacial score (nSPS) is 33.3. The predicted molar refractivity (Wildman–Crippen MR) is 127 cm³/mol. The number of nitrogens with one attached hydrogen (secondary N) is 4. The SMILES string of the molecule is COc1ccc(CC(=O)NC2CC([C@@H]3CC[C@H](OC(=O)NC4CCC(C)(O)CC4)C3)NN2)cc1. The van der Waals surface area contributed by atoms with Crippen molar-refractivity contribution in [1.82, 2.24) is 21.5 Å². The van der Waals surface area contributed by atoms with Gasteiger partial charge in [0.1, 0.15) is 11.9 Å². The van der Waals surface area contributed by atoms with Crippen molar-refractivity contribution >= 4 is 12.0 Å². The van der Waals surface area contributed by atoms with Gasteiger partial charge in [-0.2, -0.15) is 0 Å². The second-order valence-corrected chi connectivity index (χ2v) is 10.3. The second kappa shape index (κ2) is 10.9. The zero-order valence-electron chi connectivity index (χ0n) is 20.1. The highest BCUT2D eigenvalue weighted by atomic mass is 16.6. The molecule has 3 fully saturated rings. The molecule has 2 saturated carbocycles. The van der Waals surface area contributed by atoms with Crippen LogP contribution in [0.3, 0.4) is 0 Å². The molecule has 9 heteroatoms. The minimum Gasteiger partial charge on any atom is -0.497 e. The third-order valence-corrected chi connectivity index (χ3v) is 7.44. The summed E-state index contributed by atoms with van der Waals surface area (Å²) in [6.07, 6.45) is 6.15. The average molecular weight is 475 g/mol. The van der Waals surface area contributed by atoms with E-state index in [0.29, 0.717) is 25.2 Å². The van der Waals surface area contributed by atoms with Gasteiger partial charge in [-0.05, 0) is 81.9 Å². The Hall–Kier alpha value is -2.36. The summed E-state index contributed by atoms with van der Waals surface area (Å²) in [5.41, 5.74) is 6.83. The number of carbonyl (C=O) groups excluding carboxylic acids is 2. The zero-order valence-corrected chi connectivity index (χ0v) is 20.1. The van der Waals surface area contributed by atoms with E-state index in [1.165, 1.54) is 0 Å². The van der Waals surface area contributed by atoms with E-state index in [4.69, 9.17) is 9.47 Å². The number of rotatable bonds is 7. The Morgan fingerprint density at radius 3 is 2.50 bits per heavy atom. The van der Waals surface area contributed by atoms with Gasteiger partial charge < -0.3 is 25.2 Å². The summed E-state index contributed by atoms with van der Waals surface area (Å²) in [6.45, 7) is 1.85. The molecule has 3 aliphatic rings. The van der Waals surface area contributed by atoms with Crippen molar-refractivity contribution in [2.75, 3.05) is 7.11 Å². The first kappa shape index (κ1) is 24.8. The number of alkyl carbamates (subject to hydrolysis) is 1. The van der Waals surface area contributed by atoms with E-state index < -0.39 is 5.60 Å². The standard InChI is InChI=1S/C25H38N4O5/c1-25(32)11-9-18(10-12-25)26-24(31)34-20-8-5-17(14-20)21-15-22(29-28-21)27-23(30)13-16-3-6-19(33-2)7-4-16/h3-4,6-7,17-18,20-22,28-29,32H,5,8-15H2,1-2H3,(H,26,31)(H,27,30)/t17-,18?,20+,21?,22?,25?/m1/s1. The van der Waals surface area contributed by atoms with Crippen LogP contribution in [0.25, 0.3) is 0 Å². The molecule has 188 valence electrons. The van der Waals surface area contributed by atoms with E-state index in [-0.39, 0.29) is 36.4 Å². The lowest BCUT2D eigenvalue weighted by Gasteiger charge is -2.33. The molecular weight excluding hydrogens is 436 g/mol. The van der Waals surface area contributed by atoms with Gasteiger partial charge in [-0.25, -0.2) is 10.2 Å². The monoisotopic (exact) mass is 474 g/mol. The first-order chi connectivity index (χ1) is 16.3. The van der Waals surface area contributed by atoms with Crippen molar-refractivity contribution in [2.45, 2.75) is 94.7 Å². The lowest BCUT2D eigenvalue weighted by Crippen LogP contribution is -2.45. The molecule has 2 unspecified atom stereocenters. The molecule has 1 aromatic carbocycles. The number of benzene rings is 1. The minimum atomic E-state index is -0.615. The smallest absolute Gasteiger partial charge is 0.407 e. The van der Waals surface area contributed by atoms with Crippen molar-refractivity contribution in [3.8, 4) is 5.75 Å². The maximum absolute atomic E-state index is 12.4. The van der Waals surface area contributed by atoms with Crippen LogP contribution in [-0.4, -0.2) is 54.2 Å². The molecule has 5 N–H and O–H groups in total. The van der Waals surface area contributed by atoms with E-state index in [2.05, 4.69) is 21.5 Å². The Balaban J connectivity index is 1.15. The van der Waals surface area contributed by atoms with Crippen LogP contribution >= 0.6 is 0 Å². The molecule has 9 nitrogen and oxygen atoms in total. The van der Waals surface area contributed by atoms with Gasteiger partial charge in [0.25, 0.3) is 0 Å². The molecule has 0 aromatic heterocycles. The zero-order chi connectivity index (χ0) is 24.1. The summed E-state index contributed by atoms with van der Waals surface area (Å²) in [4.78, 5) is 24.8. The van der Waals surface area contributed by atoms with Gasteiger partial charge in [-0.1, -0.05) is 12.1 Å². The van der Waals surface area contributed by atoms with Crippen molar-refractivity contribution in [2.24, 2.45) is 5.92 Å². The molecule has 0 radical (unpaired) electrons. The fourth-order valence-electron chi connectivity index (χ4n) is 5.34. The van der Waals surface area contributed by atoms with Crippen molar-refractivity contribution < 1.29 is 24.2 Å². The predicted octanol–water partition coefficient (Wildman–Crippen LogP) is 2.13. The Morgan fingerprint density at radius 1 is 1.06 bits per heavy atom.